The molecular weight excluding hydrogens is 254 g/mol. The van der Waals surface area contributed by atoms with Crippen molar-refractivity contribution in [3.63, 3.8) is 0 Å². The maximum Gasteiger partial charge on any atom is 0.322 e. The summed E-state index contributed by atoms with van der Waals surface area (Å²) in [5, 5.41) is 13.6. The molecule has 0 unspecified atom stereocenters. The number of nitrogens with zero attached hydrogens (tertiary/aromatic N) is 1. The summed E-state index contributed by atoms with van der Waals surface area (Å²) in [5.74, 6) is -1.53. The number of hydrogen-bond donors (Lipinski definition) is 3. The number of aromatic amines is 1. The van der Waals surface area contributed by atoms with Gasteiger partial charge in [0.1, 0.15) is 12.2 Å². The highest BCUT2D eigenvalue weighted by Gasteiger charge is 2.11. The number of aliphatic carboxylic acids is 1. The Morgan fingerprint density at radius 2 is 2.33 bits per heavy atom. The summed E-state index contributed by atoms with van der Waals surface area (Å²) >= 11 is 1.53. The van der Waals surface area contributed by atoms with Crippen molar-refractivity contribution in [2.45, 2.75) is 6.92 Å². The Bertz CT molecular complexity index is 588. The highest BCUT2D eigenvalue weighted by atomic mass is 32.1. The quantitative estimate of drug-likeness (QED) is 0.775. The van der Waals surface area contributed by atoms with Gasteiger partial charge in [-0.25, -0.2) is 4.98 Å². The number of rotatable bonds is 4. The summed E-state index contributed by atoms with van der Waals surface area (Å²) in [7, 11) is 0. The Morgan fingerprint density at radius 1 is 1.56 bits per heavy atom. The van der Waals surface area contributed by atoms with Crippen LogP contribution in [0.3, 0.4) is 0 Å². The Kier molecular flexibility index (Phi) is 3.42. The predicted octanol–water partition coefficient (Wildman–Crippen LogP) is 1.26. The summed E-state index contributed by atoms with van der Waals surface area (Å²) in [6.07, 6.45) is 1.67. The zero-order chi connectivity index (χ0) is 13.1. The van der Waals surface area contributed by atoms with Gasteiger partial charge in [-0.05, 0) is 13.0 Å². The molecule has 0 atom stereocenters. The van der Waals surface area contributed by atoms with Crippen LogP contribution in [-0.2, 0) is 4.79 Å². The van der Waals surface area contributed by atoms with Gasteiger partial charge in [-0.15, -0.1) is 11.3 Å². The van der Waals surface area contributed by atoms with Crippen LogP contribution in [0.4, 0.5) is 0 Å². The van der Waals surface area contributed by atoms with Crippen molar-refractivity contribution in [1.29, 1.82) is 0 Å². The van der Waals surface area contributed by atoms with Crippen molar-refractivity contribution < 1.29 is 14.7 Å². The molecule has 0 aliphatic carbocycles. The van der Waals surface area contributed by atoms with Gasteiger partial charge in [0.15, 0.2) is 0 Å². The number of nitrogens with one attached hydrogen (secondary N) is 2. The first kappa shape index (κ1) is 12.3. The molecule has 94 valence electrons. The molecule has 2 aromatic rings. The molecule has 0 aliphatic rings. The van der Waals surface area contributed by atoms with Crippen LogP contribution < -0.4 is 5.32 Å². The zero-order valence-electron chi connectivity index (χ0n) is 9.56. The molecule has 2 rings (SSSR count). The molecule has 0 aromatic carbocycles. The lowest BCUT2D eigenvalue weighted by Gasteiger charge is -1.98. The second-order valence-corrected chi connectivity index (χ2v) is 4.69. The number of H-pyrrole nitrogens is 1. The van der Waals surface area contributed by atoms with Crippen molar-refractivity contribution in [3.8, 4) is 11.3 Å². The molecular formula is C11H11N3O3S. The first-order valence-corrected chi connectivity index (χ1v) is 6.05. The first-order valence-electron chi connectivity index (χ1n) is 5.17. The number of aryl methyl sites for hydroxylation is 1. The number of carboxylic acids is 1. The molecule has 0 aliphatic heterocycles. The van der Waals surface area contributed by atoms with Crippen LogP contribution in [0, 0.1) is 6.92 Å². The molecule has 2 heterocycles. The fraction of sp³-hybridized carbons (Fsp3) is 0.182. The lowest BCUT2D eigenvalue weighted by atomic mass is 10.2. The molecule has 2 aromatic heterocycles. The van der Waals surface area contributed by atoms with E-state index in [4.69, 9.17) is 5.11 Å². The number of carbonyl (C=O) groups is 2. The third kappa shape index (κ3) is 2.75. The largest absolute Gasteiger partial charge is 0.480 e. The van der Waals surface area contributed by atoms with Crippen LogP contribution in [0.15, 0.2) is 17.6 Å². The van der Waals surface area contributed by atoms with E-state index in [9.17, 15) is 9.59 Å². The van der Waals surface area contributed by atoms with Crippen LogP contribution in [-0.4, -0.2) is 33.5 Å². The van der Waals surface area contributed by atoms with E-state index in [1.54, 1.807) is 12.3 Å². The molecule has 0 saturated carbocycles. The van der Waals surface area contributed by atoms with Gasteiger partial charge in [-0.1, -0.05) is 0 Å². The number of carbonyl (C=O) groups excluding carboxylic acids is 1. The van der Waals surface area contributed by atoms with Crippen molar-refractivity contribution >= 4 is 23.2 Å². The van der Waals surface area contributed by atoms with E-state index in [0.717, 1.165) is 16.3 Å². The van der Waals surface area contributed by atoms with E-state index in [1.165, 1.54) is 11.3 Å². The standard InChI is InChI=1S/C11H11N3O3S/c1-6-14-9(5-18-6)7-2-8(12-3-7)11(17)13-4-10(15)16/h2-3,5,12H,4H2,1H3,(H,13,17)(H,15,16). The van der Waals surface area contributed by atoms with Gasteiger partial charge in [-0.2, -0.15) is 0 Å². The molecule has 0 saturated heterocycles. The lowest BCUT2D eigenvalue weighted by molar-refractivity contribution is -0.135. The SMILES string of the molecule is Cc1nc(-c2c[nH]c(C(=O)NCC(=O)O)c2)cs1. The topological polar surface area (TPSA) is 95.1 Å². The second kappa shape index (κ2) is 5.01. The van der Waals surface area contributed by atoms with Gasteiger partial charge in [0.05, 0.1) is 10.7 Å². The molecule has 18 heavy (non-hydrogen) atoms. The third-order valence-corrected chi connectivity index (χ3v) is 3.02. The Hall–Kier alpha value is -2.15. The third-order valence-electron chi connectivity index (χ3n) is 2.24. The molecule has 3 N–H and O–H groups in total. The number of hydrogen-bond acceptors (Lipinski definition) is 4. The minimum atomic E-state index is -1.08. The number of thiazole rings is 1. The van der Waals surface area contributed by atoms with E-state index in [1.807, 2.05) is 12.3 Å². The second-order valence-electron chi connectivity index (χ2n) is 3.63. The number of amides is 1. The Morgan fingerprint density at radius 3 is 2.94 bits per heavy atom. The van der Waals surface area contributed by atoms with Gasteiger partial charge < -0.3 is 15.4 Å². The fourth-order valence-corrected chi connectivity index (χ4v) is 2.04. The maximum atomic E-state index is 11.6. The molecule has 0 radical (unpaired) electrons. The van der Waals surface area contributed by atoms with Gasteiger partial charge in [0.2, 0.25) is 0 Å². The number of carboxylic acid groups (broad SMARTS) is 1. The molecule has 0 spiro atoms. The van der Waals surface area contributed by atoms with Crippen LogP contribution in [0.5, 0.6) is 0 Å². The monoisotopic (exact) mass is 265 g/mol. The summed E-state index contributed by atoms with van der Waals surface area (Å²) in [6.45, 7) is 1.50. The first-order chi connectivity index (χ1) is 8.56. The minimum absolute atomic E-state index is 0.317. The number of aromatic nitrogens is 2. The van der Waals surface area contributed by atoms with E-state index < -0.39 is 18.4 Å². The summed E-state index contributed by atoms with van der Waals surface area (Å²) in [5.41, 5.74) is 1.92. The van der Waals surface area contributed by atoms with E-state index in [-0.39, 0.29) is 0 Å². The molecule has 1 amide bonds. The van der Waals surface area contributed by atoms with E-state index in [2.05, 4.69) is 15.3 Å². The van der Waals surface area contributed by atoms with Crippen molar-refractivity contribution in [1.82, 2.24) is 15.3 Å². The van der Waals surface area contributed by atoms with Crippen molar-refractivity contribution in [2.75, 3.05) is 6.54 Å². The van der Waals surface area contributed by atoms with E-state index >= 15 is 0 Å². The summed E-state index contributed by atoms with van der Waals surface area (Å²) in [4.78, 5) is 29.0. The van der Waals surface area contributed by atoms with E-state index in [0.29, 0.717) is 5.69 Å². The summed E-state index contributed by atoms with van der Waals surface area (Å²) < 4.78 is 0. The minimum Gasteiger partial charge on any atom is -0.480 e. The van der Waals surface area contributed by atoms with Crippen LogP contribution in [0.25, 0.3) is 11.3 Å². The van der Waals surface area contributed by atoms with Crippen LogP contribution in [0.2, 0.25) is 0 Å². The summed E-state index contributed by atoms with van der Waals surface area (Å²) in [6, 6.07) is 1.64. The maximum absolute atomic E-state index is 11.6. The smallest absolute Gasteiger partial charge is 0.322 e. The molecule has 0 fully saturated rings. The van der Waals surface area contributed by atoms with Crippen molar-refractivity contribution in [3.05, 3.63) is 28.3 Å². The molecule has 7 heteroatoms. The zero-order valence-corrected chi connectivity index (χ0v) is 10.4. The predicted molar refractivity (Wildman–Crippen MR) is 66.6 cm³/mol. The lowest BCUT2D eigenvalue weighted by Crippen LogP contribution is -2.29. The van der Waals surface area contributed by atoms with Gasteiger partial charge in [0.25, 0.3) is 5.91 Å². The van der Waals surface area contributed by atoms with Gasteiger partial charge in [-0.3, -0.25) is 9.59 Å². The van der Waals surface area contributed by atoms with Crippen molar-refractivity contribution in [2.24, 2.45) is 0 Å². The highest BCUT2D eigenvalue weighted by Crippen LogP contribution is 2.22. The Balaban J connectivity index is 2.10. The Labute approximate surface area is 107 Å². The average Bonchev–Trinajstić information content (AvgIpc) is 2.93. The van der Waals surface area contributed by atoms with Gasteiger partial charge >= 0.3 is 5.97 Å². The molecule has 6 nitrogen and oxygen atoms in total. The fourth-order valence-electron chi connectivity index (χ4n) is 1.42. The average molecular weight is 265 g/mol. The van der Waals surface area contributed by atoms with Crippen LogP contribution >= 0.6 is 11.3 Å². The molecule has 0 bridgehead atoms. The van der Waals surface area contributed by atoms with Crippen LogP contribution in [0.1, 0.15) is 15.5 Å². The normalized spacial score (nSPS) is 10.3. The van der Waals surface area contributed by atoms with Gasteiger partial charge in [0, 0.05) is 17.1 Å². The highest BCUT2D eigenvalue weighted by molar-refractivity contribution is 7.09.